The molecule has 0 saturated heterocycles. The van der Waals surface area contributed by atoms with Crippen LogP contribution in [0.5, 0.6) is 0 Å². The Balaban J connectivity index is 1.50. The van der Waals surface area contributed by atoms with Crippen molar-refractivity contribution in [2.75, 3.05) is 0 Å². The second-order valence-corrected chi connectivity index (χ2v) is 7.90. The minimum atomic E-state index is -0.222. The Morgan fingerprint density at radius 1 is 0.941 bits per heavy atom. The standard InChI is InChI=1S/C27H19N5O2/c1-18-29-23-13-7-6-12-22(23)27(33)32(18)28-16-20-17-31(21-10-3-2-4-11-21)30-26(20)25-15-19-9-5-8-14-24(19)34-25/h2-17H,1H3. The second kappa shape index (κ2) is 7.97. The number of furan rings is 1. The SMILES string of the molecule is Cc1nc2ccccc2c(=O)n1N=Cc1cn(-c2ccccc2)nc1-c1cc2ccccc2o1. The lowest BCUT2D eigenvalue weighted by Crippen LogP contribution is -2.20. The molecule has 0 aliphatic heterocycles. The van der Waals surface area contributed by atoms with Gasteiger partial charge in [0, 0.05) is 17.1 Å². The summed E-state index contributed by atoms with van der Waals surface area (Å²) in [5.74, 6) is 1.12. The normalized spacial score (nSPS) is 11.7. The van der Waals surface area contributed by atoms with Crippen LogP contribution in [0, 0.1) is 6.92 Å². The highest BCUT2D eigenvalue weighted by Crippen LogP contribution is 2.29. The molecule has 3 heterocycles. The predicted molar refractivity (Wildman–Crippen MR) is 133 cm³/mol. The van der Waals surface area contributed by atoms with Crippen LogP contribution in [0.1, 0.15) is 11.4 Å². The van der Waals surface area contributed by atoms with Gasteiger partial charge in [0.2, 0.25) is 0 Å². The van der Waals surface area contributed by atoms with E-state index in [-0.39, 0.29) is 5.56 Å². The molecule has 0 bridgehead atoms. The van der Waals surface area contributed by atoms with Crippen molar-refractivity contribution in [2.45, 2.75) is 6.92 Å². The van der Waals surface area contributed by atoms with Gasteiger partial charge in [-0.1, -0.05) is 48.5 Å². The molecule has 0 atom stereocenters. The molecule has 0 radical (unpaired) electrons. The number of nitrogens with zero attached hydrogens (tertiary/aromatic N) is 5. The minimum Gasteiger partial charge on any atom is -0.454 e. The number of hydrogen-bond donors (Lipinski definition) is 0. The zero-order chi connectivity index (χ0) is 23.1. The Morgan fingerprint density at radius 3 is 2.56 bits per heavy atom. The van der Waals surface area contributed by atoms with Crippen molar-refractivity contribution in [1.29, 1.82) is 0 Å². The largest absolute Gasteiger partial charge is 0.454 e. The van der Waals surface area contributed by atoms with Crippen molar-refractivity contribution in [3.63, 3.8) is 0 Å². The first-order chi connectivity index (χ1) is 16.7. The van der Waals surface area contributed by atoms with Crippen LogP contribution in [0.15, 0.2) is 105 Å². The molecule has 0 N–H and O–H groups in total. The molecule has 7 nitrogen and oxygen atoms in total. The summed E-state index contributed by atoms with van der Waals surface area (Å²) in [4.78, 5) is 17.6. The van der Waals surface area contributed by atoms with Gasteiger partial charge in [0.15, 0.2) is 5.76 Å². The summed E-state index contributed by atoms with van der Waals surface area (Å²) in [7, 11) is 0. The zero-order valence-electron chi connectivity index (χ0n) is 18.3. The number of benzene rings is 3. The van der Waals surface area contributed by atoms with Crippen molar-refractivity contribution >= 4 is 28.1 Å². The monoisotopic (exact) mass is 445 g/mol. The molecular weight excluding hydrogens is 426 g/mol. The van der Waals surface area contributed by atoms with E-state index >= 15 is 0 Å². The van der Waals surface area contributed by atoms with Crippen molar-refractivity contribution < 1.29 is 4.42 Å². The van der Waals surface area contributed by atoms with E-state index in [4.69, 9.17) is 9.52 Å². The van der Waals surface area contributed by atoms with Gasteiger partial charge in [0.05, 0.1) is 22.8 Å². The molecule has 0 saturated carbocycles. The van der Waals surface area contributed by atoms with Gasteiger partial charge < -0.3 is 4.42 Å². The van der Waals surface area contributed by atoms with Crippen LogP contribution in [0.2, 0.25) is 0 Å². The molecule has 0 spiro atoms. The molecule has 3 aromatic carbocycles. The summed E-state index contributed by atoms with van der Waals surface area (Å²) in [6.45, 7) is 1.76. The second-order valence-electron chi connectivity index (χ2n) is 7.90. The fourth-order valence-corrected chi connectivity index (χ4v) is 3.98. The quantitative estimate of drug-likeness (QED) is 0.350. The third kappa shape index (κ3) is 3.40. The number of hydrogen-bond acceptors (Lipinski definition) is 5. The van der Waals surface area contributed by atoms with Crippen molar-refractivity contribution in [2.24, 2.45) is 5.10 Å². The Labute approximate surface area is 194 Å². The third-order valence-corrected chi connectivity index (χ3v) is 5.65. The molecular formula is C27H19N5O2. The first-order valence-electron chi connectivity index (χ1n) is 10.8. The van der Waals surface area contributed by atoms with Gasteiger partial charge in [-0.3, -0.25) is 4.79 Å². The first kappa shape index (κ1) is 19.9. The van der Waals surface area contributed by atoms with Gasteiger partial charge in [-0.25, -0.2) is 9.67 Å². The van der Waals surface area contributed by atoms with Crippen LogP contribution in [0.4, 0.5) is 0 Å². The van der Waals surface area contributed by atoms with Crippen LogP contribution >= 0.6 is 0 Å². The summed E-state index contributed by atoms with van der Waals surface area (Å²) in [5, 5.41) is 10.8. The van der Waals surface area contributed by atoms with Crippen LogP contribution in [-0.2, 0) is 0 Å². The summed E-state index contributed by atoms with van der Waals surface area (Å²) in [6, 6.07) is 26.8. The lowest BCUT2D eigenvalue weighted by atomic mass is 10.2. The molecule has 3 aromatic heterocycles. The molecule has 34 heavy (non-hydrogen) atoms. The highest BCUT2D eigenvalue weighted by atomic mass is 16.3. The van der Waals surface area contributed by atoms with E-state index in [9.17, 15) is 4.79 Å². The van der Waals surface area contributed by atoms with Gasteiger partial charge in [0.1, 0.15) is 17.1 Å². The number of para-hydroxylation sites is 3. The van der Waals surface area contributed by atoms with Gasteiger partial charge >= 0.3 is 0 Å². The fourth-order valence-electron chi connectivity index (χ4n) is 3.98. The van der Waals surface area contributed by atoms with Gasteiger partial charge in [-0.15, -0.1) is 0 Å². The number of rotatable bonds is 4. The number of aromatic nitrogens is 4. The maximum absolute atomic E-state index is 13.0. The van der Waals surface area contributed by atoms with Crippen LogP contribution < -0.4 is 5.56 Å². The summed E-state index contributed by atoms with van der Waals surface area (Å²) >= 11 is 0. The van der Waals surface area contributed by atoms with Crippen molar-refractivity contribution in [3.8, 4) is 17.1 Å². The minimum absolute atomic E-state index is 0.222. The van der Waals surface area contributed by atoms with E-state index in [0.717, 1.165) is 16.7 Å². The highest BCUT2D eigenvalue weighted by molar-refractivity contribution is 5.90. The van der Waals surface area contributed by atoms with E-state index in [1.54, 1.807) is 23.9 Å². The zero-order valence-corrected chi connectivity index (χ0v) is 18.3. The van der Waals surface area contributed by atoms with E-state index < -0.39 is 0 Å². The average Bonchev–Trinajstić information content (AvgIpc) is 3.49. The van der Waals surface area contributed by atoms with Crippen LogP contribution in [0.3, 0.4) is 0 Å². The molecule has 0 aliphatic carbocycles. The molecule has 0 fully saturated rings. The Morgan fingerprint density at radius 2 is 1.71 bits per heavy atom. The Hall–Kier alpha value is -4.78. The molecule has 6 rings (SSSR count). The molecule has 0 amide bonds. The number of fused-ring (bicyclic) bond motifs is 2. The van der Waals surface area contributed by atoms with Gasteiger partial charge in [-0.05, 0) is 43.3 Å². The maximum atomic E-state index is 13.0. The van der Waals surface area contributed by atoms with Gasteiger partial charge in [-0.2, -0.15) is 14.9 Å². The number of aryl methyl sites for hydroxylation is 1. The molecule has 164 valence electrons. The van der Waals surface area contributed by atoms with E-state index in [1.165, 1.54) is 4.68 Å². The smallest absolute Gasteiger partial charge is 0.282 e. The molecule has 0 unspecified atom stereocenters. The summed E-state index contributed by atoms with van der Waals surface area (Å²) < 4.78 is 9.17. The van der Waals surface area contributed by atoms with E-state index in [0.29, 0.717) is 33.7 Å². The average molecular weight is 445 g/mol. The highest BCUT2D eigenvalue weighted by Gasteiger charge is 2.16. The predicted octanol–water partition coefficient (Wildman–Crippen LogP) is 5.19. The molecule has 0 aliphatic rings. The van der Waals surface area contributed by atoms with E-state index in [1.807, 2.05) is 85.1 Å². The van der Waals surface area contributed by atoms with Crippen LogP contribution in [-0.4, -0.2) is 25.7 Å². The van der Waals surface area contributed by atoms with Crippen LogP contribution in [0.25, 0.3) is 39.0 Å². The maximum Gasteiger partial charge on any atom is 0.282 e. The van der Waals surface area contributed by atoms with Crippen molar-refractivity contribution in [1.82, 2.24) is 19.4 Å². The molecule has 7 heteroatoms. The van der Waals surface area contributed by atoms with Gasteiger partial charge in [0.25, 0.3) is 5.56 Å². The van der Waals surface area contributed by atoms with Crippen molar-refractivity contribution in [3.05, 3.63) is 113 Å². The third-order valence-electron chi connectivity index (χ3n) is 5.65. The lowest BCUT2D eigenvalue weighted by Gasteiger charge is -2.04. The van der Waals surface area contributed by atoms with E-state index in [2.05, 4.69) is 10.1 Å². The Bertz CT molecular complexity index is 1710. The lowest BCUT2D eigenvalue weighted by molar-refractivity contribution is 0.627. The Kier molecular flexibility index (Phi) is 4.66. The summed E-state index contributed by atoms with van der Waals surface area (Å²) in [5.41, 5.74) is 3.45. The fraction of sp³-hybridized carbons (Fsp3) is 0.0370. The topological polar surface area (TPSA) is 78.2 Å². The first-order valence-corrected chi connectivity index (χ1v) is 10.8. The summed E-state index contributed by atoms with van der Waals surface area (Å²) in [6.07, 6.45) is 3.50. The molecule has 6 aromatic rings.